The number of hydrogen-bond acceptors (Lipinski definition) is 3. The molecular formula is C16H24N2O2. The highest BCUT2D eigenvalue weighted by Crippen LogP contribution is 2.35. The van der Waals surface area contributed by atoms with E-state index in [-0.39, 0.29) is 18.6 Å². The maximum atomic E-state index is 11.5. The summed E-state index contributed by atoms with van der Waals surface area (Å²) in [6.45, 7) is 1.65. The number of aliphatic hydroxyl groups excluding tert-OH is 1. The van der Waals surface area contributed by atoms with Gasteiger partial charge in [0.05, 0.1) is 6.61 Å². The summed E-state index contributed by atoms with van der Waals surface area (Å²) in [5, 5.41) is 12.3. The Morgan fingerprint density at radius 2 is 2.10 bits per heavy atom. The van der Waals surface area contributed by atoms with Crippen molar-refractivity contribution in [3.8, 4) is 0 Å². The molecule has 4 heteroatoms. The number of carbonyl (C=O) groups excluding carboxylic acids is 1. The summed E-state index contributed by atoms with van der Waals surface area (Å²) >= 11 is 0. The van der Waals surface area contributed by atoms with Gasteiger partial charge < -0.3 is 10.4 Å². The molecule has 1 aliphatic rings. The van der Waals surface area contributed by atoms with Crippen molar-refractivity contribution in [1.82, 2.24) is 10.2 Å². The minimum Gasteiger partial charge on any atom is -0.395 e. The molecule has 4 nitrogen and oxygen atoms in total. The van der Waals surface area contributed by atoms with E-state index in [9.17, 15) is 9.90 Å². The maximum Gasteiger partial charge on any atom is 0.221 e. The molecule has 1 aliphatic carbocycles. The molecule has 0 radical (unpaired) electrons. The third-order valence-electron chi connectivity index (χ3n) is 3.96. The standard InChI is InChI=1S/C16H24N2O2/c1-17-16(20)9-10-18(15(12-19)14-7-8-14)11-13-5-3-2-4-6-13/h2-6,14-15,19H,7-12H2,1H3,(H,17,20). The van der Waals surface area contributed by atoms with Crippen LogP contribution in [-0.4, -0.2) is 42.2 Å². The van der Waals surface area contributed by atoms with Crippen molar-refractivity contribution in [2.24, 2.45) is 5.92 Å². The second kappa shape index (κ2) is 7.41. The molecule has 110 valence electrons. The van der Waals surface area contributed by atoms with Crippen molar-refractivity contribution in [3.05, 3.63) is 35.9 Å². The number of nitrogens with zero attached hydrogens (tertiary/aromatic N) is 1. The fourth-order valence-electron chi connectivity index (χ4n) is 2.59. The molecule has 1 amide bonds. The first-order valence-electron chi connectivity index (χ1n) is 7.34. The van der Waals surface area contributed by atoms with Gasteiger partial charge in [0.1, 0.15) is 0 Å². The van der Waals surface area contributed by atoms with Crippen LogP contribution >= 0.6 is 0 Å². The Balaban J connectivity index is 2.00. The predicted octanol–water partition coefficient (Wildman–Crippen LogP) is 1.40. The van der Waals surface area contributed by atoms with E-state index in [1.54, 1.807) is 7.05 Å². The third kappa shape index (κ3) is 4.32. The van der Waals surface area contributed by atoms with E-state index in [1.165, 1.54) is 18.4 Å². The molecule has 0 aromatic heterocycles. The van der Waals surface area contributed by atoms with E-state index in [4.69, 9.17) is 0 Å². The number of nitrogens with one attached hydrogen (secondary N) is 1. The number of rotatable bonds is 8. The molecule has 1 aromatic rings. The van der Waals surface area contributed by atoms with E-state index in [0.29, 0.717) is 18.9 Å². The second-order valence-electron chi connectivity index (χ2n) is 5.47. The fraction of sp³-hybridized carbons (Fsp3) is 0.562. The van der Waals surface area contributed by atoms with Crippen LogP contribution in [0.5, 0.6) is 0 Å². The molecule has 0 spiro atoms. The molecule has 1 unspecified atom stereocenters. The van der Waals surface area contributed by atoms with E-state index in [2.05, 4.69) is 22.3 Å². The Labute approximate surface area is 120 Å². The first-order valence-corrected chi connectivity index (χ1v) is 7.34. The molecule has 0 aliphatic heterocycles. The van der Waals surface area contributed by atoms with Crippen molar-refractivity contribution < 1.29 is 9.90 Å². The molecule has 1 fully saturated rings. The van der Waals surface area contributed by atoms with Crippen LogP contribution in [0.3, 0.4) is 0 Å². The Kier molecular flexibility index (Phi) is 5.56. The minimum absolute atomic E-state index is 0.0514. The highest BCUT2D eigenvalue weighted by atomic mass is 16.3. The molecule has 20 heavy (non-hydrogen) atoms. The van der Waals surface area contributed by atoms with Crippen LogP contribution in [0.25, 0.3) is 0 Å². The van der Waals surface area contributed by atoms with Gasteiger partial charge in [0, 0.05) is 32.6 Å². The first-order chi connectivity index (χ1) is 9.74. The van der Waals surface area contributed by atoms with Crippen molar-refractivity contribution in [2.45, 2.75) is 31.8 Å². The summed E-state index contributed by atoms with van der Waals surface area (Å²) in [6.07, 6.45) is 2.86. The largest absolute Gasteiger partial charge is 0.395 e. The number of amides is 1. The fourth-order valence-corrected chi connectivity index (χ4v) is 2.59. The second-order valence-corrected chi connectivity index (χ2v) is 5.47. The molecule has 2 rings (SSSR count). The van der Waals surface area contributed by atoms with E-state index >= 15 is 0 Å². The van der Waals surface area contributed by atoms with Crippen LogP contribution in [0.15, 0.2) is 30.3 Å². The maximum absolute atomic E-state index is 11.5. The quantitative estimate of drug-likeness (QED) is 0.754. The van der Waals surface area contributed by atoms with Crippen LogP contribution < -0.4 is 5.32 Å². The highest BCUT2D eigenvalue weighted by Gasteiger charge is 2.34. The Morgan fingerprint density at radius 3 is 2.65 bits per heavy atom. The van der Waals surface area contributed by atoms with E-state index in [1.807, 2.05) is 18.2 Å². The third-order valence-corrected chi connectivity index (χ3v) is 3.96. The lowest BCUT2D eigenvalue weighted by Crippen LogP contribution is -2.41. The number of carbonyl (C=O) groups is 1. The van der Waals surface area contributed by atoms with Crippen molar-refractivity contribution in [2.75, 3.05) is 20.2 Å². The molecule has 0 heterocycles. The van der Waals surface area contributed by atoms with Crippen LogP contribution in [0.1, 0.15) is 24.8 Å². The summed E-state index contributed by atoms with van der Waals surface area (Å²) in [4.78, 5) is 13.7. The lowest BCUT2D eigenvalue weighted by Gasteiger charge is -2.30. The van der Waals surface area contributed by atoms with Crippen LogP contribution in [0.4, 0.5) is 0 Å². The van der Waals surface area contributed by atoms with Gasteiger partial charge in [-0.3, -0.25) is 9.69 Å². The average molecular weight is 276 g/mol. The lowest BCUT2D eigenvalue weighted by atomic mass is 10.1. The van der Waals surface area contributed by atoms with Gasteiger partial charge in [-0.2, -0.15) is 0 Å². The predicted molar refractivity (Wildman–Crippen MR) is 79.1 cm³/mol. The Hall–Kier alpha value is -1.39. The minimum atomic E-state index is 0.0514. The SMILES string of the molecule is CNC(=O)CCN(Cc1ccccc1)C(CO)C1CC1. The lowest BCUT2D eigenvalue weighted by molar-refractivity contribution is -0.121. The van der Waals surface area contributed by atoms with Gasteiger partial charge in [-0.25, -0.2) is 0 Å². The smallest absolute Gasteiger partial charge is 0.221 e. The van der Waals surface area contributed by atoms with Gasteiger partial charge in [0.25, 0.3) is 0 Å². The number of hydrogen-bond donors (Lipinski definition) is 2. The van der Waals surface area contributed by atoms with Gasteiger partial charge in [-0.1, -0.05) is 30.3 Å². The number of benzene rings is 1. The zero-order chi connectivity index (χ0) is 14.4. The zero-order valence-corrected chi connectivity index (χ0v) is 12.1. The summed E-state index contributed by atoms with van der Waals surface area (Å²) in [7, 11) is 1.66. The van der Waals surface area contributed by atoms with Gasteiger partial charge in [0.2, 0.25) is 5.91 Å². The topological polar surface area (TPSA) is 52.6 Å². The first kappa shape index (κ1) is 15.0. The van der Waals surface area contributed by atoms with Gasteiger partial charge in [-0.15, -0.1) is 0 Å². The normalized spacial score (nSPS) is 16.1. The molecule has 0 saturated heterocycles. The monoisotopic (exact) mass is 276 g/mol. The molecule has 1 atom stereocenters. The van der Waals surface area contributed by atoms with Crippen molar-refractivity contribution in [3.63, 3.8) is 0 Å². The number of aliphatic hydroxyl groups is 1. The van der Waals surface area contributed by atoms with Gasteiger partial charge in [-0.05, 0) is 24.3 Å². The molecule has 2 N–H and O–H groups in total. The summed E-state index contributed by atoms with van der Waals surface area (Å²) < 4.78 is 0. The van der Waals surface area contributed by atoms with Crippen molar-refractivity contribution >= 4 is 5.91 Å². The molecule has 1 saturated carbocycles. The molecular weight excluding hydrogens is 252 g/mol. The summed E-state index contributed by atoms with van der Waals surface area (Å²) in [5.74, 6) is 0.643. The van der Waals surface area contributed by atoms with Gasteiger partial charge in [0.15, 0.2) is 0 Å². The Morgan fingerprint density at radius 1 is 1.40 bits per heavy atom. The molecule has 0 bridgehead atoms. The average Bonchev–Trinajstić information content (AvgIpc) is 3.30. The Bertz CT molecular complexity index is 418. The van der Waals surface area contributed by atoms with Crippen molar-refractivity contribution in [1.29, 1.82) is 0 Å². The molecule has 1 aromatic carbocycles. The van der Waals surface area contributed by atoms with E-state index in [0.717, 1.165) is 6.54 Å². The highest BCUT2D eigenvalue weighted by molar-refractivity contribution is 5.75. The van der Waals surface area contributed by atoms with Crippen LogP contribution in [-0.2, 0) is 11.3 Å². The summed E-state index contributed by atoms with van der Waals surface area (Å²) in [6, 6.07) is 10.4. The van der Waals surface area contributed by atoms with Crippen LogP contribution in [0, 0.1) is 5.92 Å². The van der Waals surface area contributed by atoms with Gasteiger partial charge >= 0.3 is 0 Å². The van der Waals surface area contributed by atoms with Crippen LogP contribution in [0.2, 0.25) is 0 Å². The zero-order valence-electron chi connectivity index (χ0n) is 12.1. The van der Waals surface area contributed by atoms with E-state index < -0.39 is 0 Å². The summed E-state index contributed by atoms with van der Waals surface area (Å²) in [5.41, 5.74) is 1.23.